The number of hydrogen-bond donors (Lipinski definition) is 1. The van der Waals surface area contributed by atoms with Crippen LogP contribution in [0.1, 0.15) is 37.3 Å². The number of rotatable bonds is 7. The van der Waals surface area contributed by atoms with Gasteiger partial charge in [0.15, 0.2) is 6.10 Å². The van der Waals surface area contributed by atoms with Crippen LogP contribution in [0.5, 0.6) is 17.2 Å². The second-order valence-electron chi connectivity index (χ2n) is 6.71. The van der Waals surface area contributed by atoms with Crippen LogP contribution in [0.4, 0.5) is 5.69 Å². The summed E-state index contributed by atoms with van der Waals surface area (Å²) in [5.41, 5.74) is 3.30. The second-order valence-corrected chi connectivity index (χ2v) is 6.71. The molecule has 27 heavy (non-hydrogen) atoms. The standard InChI is InChI=1S/C22H27NO4/c1-4-20(27-18-10-9-15-7-5-6-8-16(15)13-18)22(24)23-19-14-17(25-2)11-12-21(19)26-3/h9-14,20H,4-8H2,1-3H3,(H,23,24)/t20-/m0/s1. The van der Waals surface area contributed by atoms with E-state index in [-0.39, 0.29) is 5.91 Å². The van der Waals surface area contributed by atoms with E-state index in [4.69, 9.17) is 14.2 Å². The Hall–Kier alpha value is -2.69. The molecule has 1 N–H and O–H groups in total. The maximum Gasteiger partial charge on any atom is 0.265 e. The first-order chi connectivity index (χ1) is 13.1. The molecule has 0 unspecified atom stereocenters. The van der Waals surface area contributed by atoms with Crippen LogP contribution in [0.25, 0.3) is 0 Å². The van der Waals surface area contributed by atoms with Crippen molar-refractivity contribution in [3.8, 4) is 17.2 Å². The van der Waals surface area contributed by atoms with E-state index < -0.39 is 6.10 Å². The molecule has 0 fully saturated rings. The Balaban J connectivity index is 1.73. The first-order valence-electron chi connectivity index (χ1n) is 9.46. The molecule has 0 spiro atoms. The summed E-state index contributed by atoms with van der Waals surface area (Å²) in [6.07, 6.45) is 4.65. The van der Waals surface area contributed by atoms with E-state index in [1.165, 1.54) is 24.0 Å². The average molecular weight is 369 g/mol. The normalized spacial score (nSPS) is 14.0. The van der Waals surface area contributed by atoms with Crippen LogP contribution in [0.2, 0.25) is 0 Å². The molecular weight excluding hydrogens is 342 g/mol. The summed E-state index contributed by atoms with van der Waals surface area (Å²) in [7, 11) is 3.15. The third kappa shape index (κ3) is 4.54. The molecule has 144 valence electrons. The van der Waals surface area contributed by atoms with Crippen LogP contribution in [0.15, 0.2) is 36.4 Å². The van der Waals surface area contributed by atoms with Gasteiger partial charge in [0.25, 0.3) is 5.91 Å². The lowest BCUT2D eigenvalue weighted by Crippen LogP contribution is -2.32. The quantitative estimate of drug-likeness (QED) is 0.787. The molecule has 1 aliphatic carbocycles. The highest BCUT2D eigenvalue weighted by atomic mass is 16.5. The fraction of sp³-hybridized carbons (Fsp3) is 0.409. The van der Waals surface area contributed by atoms with E-state index in [9.17, 15) is 4.79 Å². The fourth-order valence-corrected chi connectivity index (χ4v) is 3.39. The van der Waals surface area contributed by atoms with E-state index in [0.29, 0.717) is 23.6 Å². The number of carbonyl (C=O) groups is 1. The first kappa shape index (κ1) is 19.1. The summed E-state index contributed by atoms with van der Waals surface area (Å²) in [5.74, 6) is 1.76. The molecule has 0 saturated carbocycles. The molecule has 0 bridgehead atoms. The number of amides is 1. The van der Waals surface area contributed by atoms with Gasteiger partial charge in [0.2, 0.25) is 0 Å². The summed E-state index contributed by atoms with van der Waals surface area (Å²) in [4.78, 5) is 12.8. The van der Waals surface area contributed by atoms with Crippen molar-refractivity contribution in [2.45, 2.75) is 45.1 Å². The van der Waals surface area contributed by atoms with Gasteiger partial charge in [-0.15, -0.1) is 0 Å². The highest BCUT2D eigenvalue weighted by molar-refractivity contribution is 5.95. The van der Waals surface area contributed by atoms with Crippen molar-refractivity contribution >= 4 is 11.6 Å². The molecule has 1 atom stereocenters. The number of anilines is 1. The van der Waals surface area contributed by atoms with Crippen LogP contribution in [-0.4, -0.2) is 26.2 Å². The molecule has 0 aromatic heterocycles. The molecule has 1 aliphatic rings. The first-order valence-corrected chi connectivity index (χ1v) is 9.46. The van der Waals surface area contributed by atoms with Crippen LogP contribution in [0, 0.1) is 0 Å². The number of hydrogen-bond acceptors (Lipinski definition) is 4. The van der Waals surface area contributed by atoms with E-state index in [2.05, 4.69) is 17.4 Å². The van der Waals surface area contributed by atoms with Gasteiger partial charge in [-0.2, -0.15) is 0 Å². The van der Waals surface area contributed by atoms with E-state index in [0.717, 1.165) is 18.6 Å². The van der Waals surface area contributed by atoms with Crippen molar-refractivity contribution in [3.63, 3.8) is 0 Å². The summed E-state index contributed by atoms with van der Waals surface area (Å²) in [6.45, 7) is 1.94. The minimum Gasteiger partial charge on any atom is -0.497 e. The molecule has 5 heteroatoms. The lowest BCUT2D eigenvalue weighted by Gasteiger charge is -2.21. The van der Waals surface area contributed by atoms with Gasteiger partial charge in [-0.25, -0.2) is 0 Å². The zero-order valence-electron chi connectivity index (χ0n) is 16.2. The minimum absolute atomic E-state index is 0.207. The molecule has 0 aliphatic heterocycles. The van der Waals surface area contributed by atoms with E-state index in [1.54, 1.807) is 32.4 Å². The van der Waals surface area contributed by atoms with Crippen LogP contribution in [0.3, 0.4) is 0 Å². The third-order valence-corrected chi connectivity index (χ3v) is 4.93. The maximum atomic E-state index is 12.8. The Bertz CT molecular complexity index is 803. The smallest absolute Gasteiger partial charge is 0.265 e. The lowest BCUT2D eigenvalue weighted by atomic mass is 9.92. The minimum atomic E-state index is -0.581. The number of ether oxygens (including phenoxy) is 3. The lowest BCUT2D eigenvalue weighted by molar-refractivity contribution is -0.122. The third-order valence-electron chi connectivity index (χ3n) is 4.93. The van der Waals surface area contributed by atoms with Gasteiger partial charge in [0.1, 0.15) is 17.2 Å². The molecule has 0 heterocycles. The summed E-state index contributed by atoms with van der Waals surface area (Å²) < 4.78 is 16.6. The largest absolute Gasteiger partial charge is 0.497 e. The Morgan fingerprint density at radius 2 is 1.74 bits per heavy atom. The Kier molecular flexibility index (Phi) is 6.22. The van der Waals surface area contributed by atoms with Crippen molar-refractivity contribution in [3.05, 3.63) is 47.5 Å². The summed E-state index contributed by atoms with van der Waals surface area (Å²) in [5, 5.41) is 2.90. The molecular formula is C22H27NO4. The van der Waals surface area contributed by atoms with Crippen molar-refractivity contribution < 1.29 is 19.0 Å². The van der Waals surface area contributed by atoms with Gasteiger partial charge in [-0.1, -0.05) is 13.0 Å². The number of carbonyl (C=O) groups excluding carboxylic acids is 1. The maximum absolute atomic E-state index is 12.8. The highest BCUT2D eigenvalue weighted by Crippen LogP contribution is 2.30. The molecule has 1 amide bonds. The fourth-order valence-electron chi connectivity index (χ4n) is 3.39. The van der Waals surface area contributed by atoms with Crippen molar-refractivity contribution in [2.24, 2.45) is 0 Å². The van der Waals surface area contributed by atoms with Gasteiger partial charge < -0.3 is 19.5 Å². The van der Waals surface area contributed by atoms with Gasteiger partial charge in [-0.05, 0) is 67.5 Å². The number of fused-ring (bicyclic) bond motifs is 1. The average Bonchev–Trinajstić information content (AvgIpc) is 2.71. The molecule has 3 rings (SSSR count). The predicted molar refractivity (Wildman–Crippen MR) is 106 cm³/mol. The predicted octanol–water partition coefficient (Wildman–Crippen LogP) is 4.38. The Morgan fingerprint density at radius 1 is 1.00 bits per heavy atom. The van der Waals surface area contributed by atoms with Crippen LogP contribution in [-0.2, 0) is 17.6 Å². The van der Waals surface area contributed by atoms with Gasteiger partial charge in [0, 0.05) is 6.07 Å². The number of aryl methyl sites for hydroxylation is 2. The molecule has 0 radical (unpaired) electrons. The second kappa shape index (κ2) is 8.80. The van der Waals surface area contributed by atoms with Crippen LogP contribution < -0.4 is 19.5 Å². The van der Waals surface area contributed by atoms with E-state index in [1.807, 2.05) is 13.0 Å². The Morgan fingerprint density at radius 3 is 2.44 bits per heavy atom. The van der Waals surface area contributed by atoms with Crippen molar-refractivity contribution in [1.29, 1.82) is 0 Å². The van der Waals surface area contributed by atoms with Gasteiger partial charge in [-0.3, -0.25) is 4.79 Å². The van der Waals surface area contributed by atoms with Gasteiger partial charge >= 0.3 is 0 Å². The topological polar surface area (TPSA) is 56.8 Å². The molecule has 5 nitrogen and oxygen atoms in total. The number of methoxy groups -OCH3 is 2. The number of benzene rings is 2. The van der Waals surface area contributed by atoms with Gasteiger partial charge in [0.05, 0.1) is 19.9 Å². The molecule has 2 aromatic rings. The summed E-state index contributed by atoms with van der Waals surface area (Å²) >= 11 is 0. The zero-order valence-corrected chi connectivity index (χ0v) is 16.2. The Labute approximate surface area is 160 Å². The number of nitrogens with one attached hydrogen (secondary N) is 1. The van der Waals surface area contributed by atoms with E-state index >= 15 is 0 Å². The SMILES string of the molecule is CC[C@H](Oc1ccc2c(c1)CCCC2)C(=O)Nc1cc(OC)ccc1OC. The summed E-state index contributed by atoms with van der Waals surface area (Å²) in [6, 6.07) is 11.5. The zero-order chi connectivity index (χ0) is 19.2. The molecule has 2 aromatic carbocycles. The van der Waals surface area contributed by atoms with Crippen molar-refractivity contribution in [2.75, 3.05) is 19.5 Å². The monoisotopic (exact) mass is 369 g/mol. The van der Waals surface area contributed by atoms with Crippen LogP contribution >= 0.6 is 0 Å². The highest BCUT2D eigenvalue weighted by Gasteiger charge is 2.21. The van der Waals surface area contributed by atoms with Crippen molar-refractivity contribution in [1.82, 2.24) is 0 Å². The molecule has 0 saturated heterocycles.